The second-order valence-electron chi connectivity index (χ2n) is 4.60. The van der Waals surface area contributed by atoms with Crippen molar-refractivity contribution in [2.24, 2.45) is 11.7 Å². The van der Waals surface area contributed by atoms with Gasteiger partial charge in [0.25, 0.3) is 0 Å². The van der Waals surface area contributed by atoms with Crippen LogP contribution in [0.1, 0.15) is 18.4 Å². The van der Waals surface area contributed by atoms with Gasteiger partial charge in [-0.1, -0.05) is 11.8 Å². The van der Waals surface area contributed by atoms with E-state index in [-0.39, 0.29) is 23.9 Å². The average Bonchev–Trinajstić information content (AvgIpc) is 2.47. The Hall–Kier alpha value is -1.90. The predicted molar refractivity (Wildman–Crippen MR) is 74.5 cm³/mol. The van der Waals surface area contributed by atoms with Crippen molar-refractivity contribution < 1.29 is 13.9 Å². The van der Waals surface area contributed by atoms with Gasteiger partial charge in [0.1, 0.15) is 5.82 Å². The molecule has 0 aliphatic carbocycles. The summed E-state index contributed by atoms with van der Waals surface area (Å²) in [5, 5.41) is 2.70. The first-order valence-corrected chi connectivity index (χ1v) is 6.58. The second-order valence-corrected chi connectivity index (χ2v) is 4.60. The molecule has 2 rings (SSSR count). The van der Waals surface area contributed by atoms with Crippen molar-refractivity contribution in [1.82, 2.24) is 0 Å². The first-order valence-electron chi connectivity index (χ1n) is 6.58. The highest BCUT2D eigenvalue weighted by atomic mass is 19.1. The summed E-state index contributed by atoms with van der Waals surface area (Å²) in [5.74, 6) is 4.46. The molecule has 0 spiro atoms. The molecule has 0 radical (unpaired) electrons. The molecule has 1 aliphatic heterocycles. The number of hydrogen-bond donors (Lipinski definition) is 2. The molecule has 1 aromatic carbocycles. The molecule has 1 unspecified atom stereocenters. The van der Waals surface area contributed by atoms with Crippen molar-refractivity contribution in [2.75, 3.05) is 25.1 Å². The minimum atomic E-state index is -0.469. The van der Waals surface area contributed by atoms with Crippen LogP contribution in [0.3, 0.4) is 0 Å². The van der Waals surface area contributed by atoms with Crippen molar-refractivity contribution in [3.63, 3.8) is 0 Å². The summed E-state index contributed by atoms with van der Waals surface area (Å²) in [7, 11) is 0. The highest BCUT2D eigenvalue weighted by Crippen LogP contribution is 2.18. The molecule has 1 aliphatic rings. The molecule has 1 amide bonds. The fourth-order valence-electron chi connectivity index (χ4n) is 2.03. The molecule has 4 nitrogen and oxygen atoms in total. The van der Waals surface area contributed by atoms with Crippen molar-refractivity contribution in [3.05, 3.63) is 29.6 Å². The molecule has 3 N–H and O–H groups in total. The first kappa shape index (κ1) is 14.5. The number of halogens is 1. The van der Waals surface area contributed by atoms with Crippen LogP contribution >= 0.6 is 0 Å². The van der Waals surface area contributed by atoms with E-state index in [2.05, 4.69) is 17.2 Å². The highest BCUT2D eigenvalue weighted by Gasteiger charge is 2.21. The Kier molecular flexibility index (Phi) is 5.10. The van der Waals surface area contributed by atoms with E-state index in [1.807, 2.05) is 0 Å². The molecular formula is C15H17FN2O2. The molecule has 0 aromatic heterocycles. The van der Waals surface area contributed by atoms with Crippen LogP contribution in [0.4, 0.5) is 10.1 Å². The van der Waals surface area contributed by atoms with E-state index in [0.29, 0.717) is 18.9 Å². The van der Waals surface area contributed by atoms with Crippen LogP contribution in [0.5, 0.6) is 0 Å². The van der Waals surface area contributed by atoms with Crippen LogP contribution in [0, 0.1) is 23.6 Å². The maximum absolute atomic E-state index is 13.7. The second kappa shape index (κ2) is 7.04. The summed E-state index contributed by atoms with van der Waals surface area (Å²) in [6.45, 7) is 1.31. The lowest BCUT2D eigenvalue weighted by atomic mass is 10.0. The summed E-state index contributed by atoms with van der Waals surface area (Å²) < 4.78 is 19.0. The van der Waals surface area contributed by atoms with Crippen LogP contribution in [0.25, 0.3) is 0 Å². The highest BCUT2D eigenvalue weighted by molar-refractivity contribution is 5.92. The standard InChI is InChI=1S/C15H17FN2O2/c16-14-9-13(6-5-11(14)3-1-7-17)18-15(19)12-4-2-8-20-10-12/h5-6,9,12H,2,4,7-8,10,17H2,(H,18,19). The number of nitrogens with two attached hydrogens (primary N) is 1. The van der Waals surface area contributed by atoms with Gasteiger partial charge in [0.15, 0.2) is 0 Å². The Bertz CT molecular complexity index is 543. The summed E-state index contributed by atoms with van der Waals surface area (Å²) in [4.78, 5) is 12.0. The van der Waals surface area contributed by atoms with Gasteiger partial charge in [-0.3, -0.25) is 4.79 Å². The molecule has 1 atom stereocenters. The summed E-state index contributed by atoms with van der Waals surface area (Å²) in [6, 6.07) is 4.43. The van der Waals surface area contributed by atoms with Crippen LogP contribution in [-0.2, 0) is 9.53 Å². The number of carbonyl (C=O) groups is 1. The van der Waals surface area contributed by atoms with Crippen LogP contribution in [0.15, 0.2) is 18.2 Å². The van der Waals surface area contributed by atoms with Crippen molar-refractivity contribution in [1.29, 1.82) is 0 Å². The Balaban J connectivity index is 2.02. The fourth-order valence-corrected chi connectivity index (χ4v) is 2.03. The van der Waals surface area contributed by atoms with Gasteiger partial charge in [-0.2, -0.15) is 0 Å². The van der Waals surface area contributed by atoms with Gasteiger partial charge in [-0.25, -0.2) is 4.39 Å². The summed E-state index contributed by atoms with van der Waals surface area (Å²) in [6.07, 6.45) is 1.68. The van der Waals surface area contributed by atoms with E-state index in [4.69, 9.17) is 10.5 Å². The monoisotopic (exact) mass is 276 g/mol. The largest absolute Gasteiger partial charge is 0.381 e. The van der Waals surface area contributed by atoms with E-state index in [1.165, 1.54) is 12.1 Å². The Morgan fingerprint density at radius 2 is 2.40 bits per heavy atom. The number of carbonyl (C=O) groups excluding carboxylic acids is 1. The van der Waals surface area contributed by atoms with Gasteiger partial charge in [0, 0.05) is 12.3 Å². The average molecular weight is 276 g/mol. The molecule has 20 heavy (non-hydrogen) atoms. The number of nitrogens with one attached hydrogen (secondary N) is 1. The minimum absolute atomic E-state index is 0.134. The van der Waals surface area contributed by atoms with E-state index >= 15 is 0 Å². The summed E-state index contributed by atoms with van der Waals surface area (Å²) in [5.41, 5.74) is 5.94. The Morgan fingerprint density at radius 3 is 3.05 bits per heavy atom. The number of anilines is 1. The number of hydrogen-bond acceptors (Lipinski definition) is 3. The zero-order valence-corrected chi connectivity index (χ0v) is 11.1. The van der Waals surface area contributed by atoms with Gasteiger partial charge in [-0.15, -0.1) is 0 Å². The lowest BCUT2D eigenvalue weighted by Crippen LogP contribution is -2.30. The van der Waals surface area contributed by atoms with Crippen LogP contribution < -0.4 is 11.1 Å². The van der Waals surface area contributed by atoms with Gasteiger partial charge < -0.3 is 15.8 Å². The normalized spacial score (nSPS) is 18.0. The maximum atomic E-state index is 13.7. The third-order valence-corrected chi connectivity index (χ3v) is 3.09. The van der Waals surface area contributed by atoms with E-state index in [1.54, 1.807) is 6.07 Å². The molecule has 1 saturated heterocycles. The smallest absolute Gasteiger partial charge is 0.229 e. The van der Waals surface area contributed by atoms with Gasteiger partial charge in [0.2, 0.25) is 5.91 Å². The molecule has 0 saturated carbocycles. The van der Waals surface area contributed by atoms with Gasteiger partial charge >= 0.3 is 0 Å². The fraction of sp³-hybridized carbons (Fsp3) is 0.400. The zero-order chi connectivity index (χ0) is 14.4. The predicted octanol–water partition coefficient (Wildman–Crippen LogP) is 1.50. The Labute approximate surface area is 117 Å². The molecular weight excluding hydrogens is 259 g/mol. The molecule has 1 aromatic rings. The topological polar surface area (TPSA) is 64.3 Å². The number of ether oxygens (including phenoxy) is 1. The zero-order valence-electron chi connectivity index (χ0n) is 11.1. The third-order valence-electron chi connectivity index (χ3n) is 3.09. The van der Waals surface area contributed by atoms with Crippen molar-refractivity contribution in [3.8, 4) is 11.8 Å². The Morgan fingerprint density at radius 1 is 1.55 bits per heavy atom. The van der Waals surface area contributed by atoms with Crippen LogP contribution in [-0.4, -0.2) is 25.7 Å². The van der Waals surface area contributed by atoms with Gasteiger partial charge in [-0.05, 0) is 31.0 Å². The molecule has 1 heterocycles. The number of rotatable bonds is 2. The van der Waals surface area contributed by atoms with Crippen LogP contribution in [0.2, 0.25) is 0 Å². The lowest BCUT2D eigenvalue weighted by molar-refractivity contribution is -0.123. The number of amides is 1. The maximum Gasteiger partial charge on any atom is 0.229 e. The molecule has 106 valence electrons. The molecule has 0 bridgehead atoms. The van der Waals surface area contributed by atoms with E-state index in [0.717, 1.165) is 12.8 Å². The molecule has 1 fully saturated rings. The van der Waals surface area contributed by atoms with Crippen molar-refractivity contribution in [2.45, 2.75) is 12.8 Å². The quantitative estimate of drug-likeness (QED) is 0.805. The number of benzene rings is 1. The minimum Gasteiger partial charge on any atom is -0.381 e. The van der Waals surface area contributed by atoms with E-state index in [9.17, 15) is 9.18 Å². The van der Waals surface area contributed by atoms with Gasteiger partial charge in [0.05, 0.1) is 24.6 Å². The lowest BCUT2D eigenvalue weighted by Gasteiger charge is -2.21. The molecule has 5 heteroatoms. The first-order chi connectivity index (χ1) is 9.70. The third kappa shape index (κ3) is 3.80. The van der Waals surface area contributed by atoms with Crippen molar-refractivity contribution >= 4 is 11.6 Å². The van der Waals surface area contributed by atoms with E-state index < -0.39 is 5.82 Å². The summed E-state index contributed by atoms with van der Waals surface area (Å²) >= 11 is 0. The SMILES string of the molecule is NCC#Cc1ccc(NC(=O)C2CCCOC2)cc1F.